The van der Waals surface area contributed by atoms with Crippen LogP contribution in [0.3, 0.4) is 0 Å². The number of hydrogen-bond donors (Lipinski definition) is 1. The fourth-order valence-electron chi connectivity index (χ4n) is 4.23. The maximum absolute atomic E-state index is 13.4. The van der Waals surface area contributed by atoms with Crippen molar-refractivity contribution in [1.82, 2.24) is 4.98 Å². The molecule has 6 rings (SSSR count). The van der Waals surface area contributed by atoms with Crippen molar-refractivity contribution in [3.05, 3.63) is 90.1 Å². The van der Waals surface area contributed by atoms with Crippen LogP contribution in [0.5, 0.6) is 0 Å². The molecule has 1 aromatic heterocycles. The Morgan fingerprint density at radius 1 is 1.00 bits per heavy atom. The zero-order valence-corrected chi connectivity index (χ0v) is 16.0. The smallest absolute Gasteiger partial charge is 0.266 e. The van der Waals surface area contributed by atoms with Crippen LogP contribution in [0, 0.1) is 0 Å². The molecule has 142 valence electrons. The highest BCUT2D eigenvalue weighted by molar-refractivity contribution is 8.03. The molecule has 3 unspecified atom stereocenters. The molecule has 1 amide bonds. The van der Waals surface area contributed by atoms with E-state index in [0.29, 0.717) is 5.82 Å². The van der Waals surface area contributed by atoms with Crippen LogP contribution < -0.4 is 10.2 Å². The van der Waals surface area contributed by atoms with E-state index >= 15 is 0 Å². The van der Waals surface area contributed by atoms with Gasteiger partial charge >= 0.3 is 0 Å². The lowest BCUT2D eigenvalue weighted by Crippen LogP contribution is -2.47. The van der Waals surface area contributed by atoms with Crippen molar-refractivity contribution < 1.29 is 9.63 Å². The Morgan fingerprint density at radius 3 is 2.62 bits per heavy atom. The van der Waals surface area contributed by atoms with E-state index in [1.54, 1.807) is 18.0 Å². The van der Waals surface area contributed by atoms with E-state index in [4.69, 9.17) is 4.84 Å². The predicted molar refractivity (Wildman–Crippen MR) is 113 cm³/mol. The van der Waals surface area contributed by atoms with Gasteiger partial charge in [0.05, 0.1) is 0 Å². The molecule has 1 N–H and O–H groups in total. The molecular weight excluding hydrogens is 384 g/mol. The Labute approximate surface area is 171 Å². The van der Waals surface area contributed by atoms with E-state index in [1.807, 2.05) is 77.7 Å². The molecule has 7 heteroatoms. The Hall–Kier alpha value is -3.32. The van der Waals surface area contributed by atoms with Crippen molar-refractivity contribution >= 4 is 35.0 Å². The van der Waals surface area contributed by atoms with Crippen LogP contribution in [-0.4, -0.2) is 22.0 Å². The van der Waals surface area contributed by atoms with Gasteiger partial charge in [-0.1, -0.05) is 59.8 Å². The van der Waals surface area contributed by atoms with Gasteiger partial charge in [-0.15, -0.1) is 11.8 Å². The van der Waals surface area contributed by atoms with Gasteiger partial charge in [0.2, 0.25) is 4.87 Å². The molecule has 3 aromatic rings. The summed E-state index contributed by atoms with van der Waals surface area (Å²) in [5.41, 5.74) is 2.78. The molecule has 0 radical (unpaired) electrons. The summed E-state index contributed by atoms with van der Waals surface area (Å²) in [6.45, 7) is 0. The maximum Gasteiger partial charge on any atom is 0.266 e. The van der Waals surface area contributed by atoms with Crippen molar-refractivity contribution in [3.63, 3.8) is 0 Å². The quantitative estimate of drug-likeness (QED) is 0.707. The molecule has 0 saturated carbocycles. The number of amides is 1. The van der Waals surface area contributed by atoms with Crippen LogP contribution in [0.4, 0.5) is 11.5 Å². The lowest BCUT2D eigenvalue weighted by atomic mass is 10.0. The maximum atomic E-state index is 13.4. The molecular formula is C22H16N4O2S. The van der Waals surface area contributed by atoms with E-state index in [1.165, 1.54) is 0 Å². The summed E-state index contributed by atoms with van der Waals surface area (Å²) < 4.78 is 0. The number of oxime groups is 1. The number of carbonyl (C=O) groups excluding carboxylic acids is 1. The molecule has 1 fully saturated rings. The van der Waals surface area contributed by atoms with Crippen molar-refractivity contribution in [2.24, 2.45) is 5.16 Å². The van der Waals surface area contributed by atoms with Crippen LogP contribution >= 0.6 is 11.8 Å². The molecule has 3 atom stereocenters. The summed E-state index contributed by atoms with van der Waals surface area (Å²) in [7, 11) is 0. The predicted octanol–water partition coefficient (Wildman–Crippen LogP) is 3.89. The largest absolute Gasteiger partial charge is 0.384 e. The second kappa shape index (κ2) is 6.09. The third kappa shape index (κ3) is 2.22. The average molecular weight is 400 g/mol. The third-order valence-electron chi connectivity index (χ3n) is 5.49. The number of pyridine rings is 1. The zero-order valence-electron chi connectivity index (χ0n) is 15.2. The van der Waals surface area contributed by atoms with Crippen molar-refractivity contribution in [2.45, 2.75) is 16.2 Å². The van der Waals surface area contributed by atoms with Crippen LogP contribution in [0.1, 0.15) is 17.2 Å². The number of para-hydroxylation sites is 1. The standard InChI is InChI=1S/C22H16N4O2S/c27-21-22(15-10-4-5-11-16(15)24-21)26(17-12-6-7-13-23-17)20-19(29-22)18(28-25-20)14-8-2-1-3-9-14/h1-13,18-19H,(H,24,27). The monoisotopic (exact) mass is 400 g/mol. The van der Waals surface area contributed by atoms with Gasteiger partial charge in [0.15, 0.2) is 11.9 Å². The van der Waals surface area contributed by atoms with Crippen LogP contribution in [-0.2, 0) is 14.5 Å². The topological polar surface area (TPSA) is 66.8 Å². The Morgan fingerprint density at radius 2 is 1.79 bits per heavy atom. The number of hydrogen-bond acceptors (Lipinski definition) is 6. The van der Waals surface area contributed by atoms with E-state index < -0.39 is 4.87 Å². The van der Waals surface area contributed by atoms with Gasteiger partial charge in [-0.05, 0) is 23.8 Å². The van der Waals surface area contributed by atoms with Crippen LogP contribution in [0.25, 0.3) is 0 Å². The number of amidine groups is 1. The van der Waals surface area contributed by atoms with Crippen molar-refractivity contribution in [3.8, 4) is 0 Å². The molecule has 1 saturated heterocycles. The Kier molecular flexibility index (Phi) is 3.49. The first kappa shape index (κ1) is 16.6. The van der Waals surface area contributed by atoms with Crippen molar-refractivity contribution in [1.29, 1.82) is 0 Å². The van der Waals surface area contributed by atoms with E-state index in [-0.39, 0.29) is 17.3 Å². The molecule has 29 heavy (non-hydrogen) atoms. The summed E-state index contributed by atoms with van der Waals surface area (Å²) >= 11 is 1.57. The number of carbonyl (C=O) groups is 1. The number of benzene rings is 2. The van der Waals surface area contributed by atoms with Gasteiger partial charge in [-0.3, -0.25) is 9.69 Å². The number of fused-ring (bicyclic) bond motifs is 3. The number of aromatic nitrogens is 1. The second-order valence-electron chi connectivity index (χ2n) is 7.09. The minimum Gasteiger partial charge on any atom is -0.384 e. The lowest BCUT2D eigenvalue weighted by Gasteiger charge is -2.32. The highest BCUT2D eigenvalue weighted by Gasteiger charge is 2.64. The SMILES string of the molecule is O=C1Nc2ccccc2C12SC1C(=NOC1c1ccccc1)N2c1ccccn1. The first-order valence-electron chi connectivity index (χ1n) is 9.38. The second-order valence-corrected chi connectivity index (χ2v) is 8.43. The highest BCUT2D eigenvalue weighted by atomic mass is 32.2. The molecule has 0 bridgehead atoms. The molecule has 2 aromatic carbocycles. The first-order valence-corrected chi connectivity index (χ1v) is 10.3. The van der Waals surface area contributed by atoms with Gasteiger partial charge in [0.1, 0.15) is 11.1 Å². The Bertz CT molecular complexity index is 1140. The fourth-order valence-corrected chi connectivity index (χ4v) is 5.94. The van der Waals surface area contributed by atoms with Gasteiger partial charge in [-0.25, -0.2) is 4.98 Å². The Balaban J connectivity index is 1.54. The average Bonchev–Trinajstić information content (AvgIpc) is 3.41. The van der Waals surface area contributed by atoms with E-state index in [0.717, 1.165) is 22.6 Å². The minimum absolute atomic E-state index is 0.0849. The number of nitrogens with one attached hydrogen (secondary N) is 1. The number of nitrogens with zero attached hydrogens (tertiary/aromatic N) is 3. The first-order chi connectivity index (χ1) is 14.3. The van der Waals surface area contributed by atoms with Gasteiger partial charge in [-0.2, -0.15) is 0 Å². The van der Waals surface area contributed by atoms with Gasteiger partial charge in [0.25, 0.3) is 5.91 Å². The molecule has 0 aliphatic carbocycles. The number of thioether (sulfide) groups is 1. The van der Waals surface area contributed by atoms with Crippen LogP contribution in [0.2, 0.25) is 0 Å². The van der Waals surface area contributed by atoms with Crippen molar-refractivity contribution in [2.75, 3.05) is 10.2 Å². The van der Waals surface area contributed by atoms with E-state index in [9.17, 15) is 4.79 Å². The van der Waals surface area contributed by atoms with E-state index in [2.05, 4.69) is 15.5 Å². The molecule has 1 spiro atoms. The fraction of sp³-hybridized carbons (Fsp3) is 0.136. The third-order valence-corrected chi connectivity index (χ3v) is 7.13. The minimum atomic E-state index is -0.967. The molecule has 3 aliphatic heterocycles. The normalized spacial score (nSPS) is 26.7. The molecule has 3 aliphatic rings. The summed E-state index contributed by atoms with van der Waals surface area (Å²) in [4.78, 5) is 24.8. The number of rotatable bonds is 2. The number of anilines is 2. The lowest BCUT2D eigenvalue weighted by molar-refractivity contribution is -0.117. The van der Waals surface area contributed by atoms with Gasteiger partial charge < -0.3 is 10.2 Å². The summed E-state index contributed by atoms with van der Waals surface area (Å²) in [5.74, 6) is 1.30. The zero-order chi connectivity index (χ0) is 19.4. The molecule has 6 nitrogen and oxygen atoms in total. The summed E-state index contributed by atoms with van der Waals surface area (Å²) in [6.07, 6.45) is 1.47. The van der Waals surface area contributed by atoms with Crippen LogP contribution in [0.15, 0.2) is 84.1 Å². The summed E-state index contributed by atoms with van der Waals surface area (Å²) in [6, 6.07) is 23.5. The van der Waals surface area contributed by atoms with Gasteiger partial charge in [0, 0.05) is 17.4 Å². The summed E-state index contributed by atoms with van der Waals surface area (Å²) in [5, 5.41) is 7.36. The highest BCUT2D eigenvalue weighted by Crippen LogP contribution is 2.59. The molecule has 4 heterocycles.